The van der Waals surface area contributed by atoms with E-state index in [1.54, 1.807) is 43.3 Å². The first-order chi connectivity index (χ1) is 20.5. The van der Waals surface area contributed by atoms with Gasteiger partial charge >= 0.3 is 0 Å². The third kappa shape index (κ3) is 8.48. The lowest BCUT2D eigenvalue weighted by atomic mass is 9.95. The maximum Gasteiger partial charge on any atom is 0.264 e. The van der Waals surface area contributed by atoms with Gasteiger partial charge in [0.05, 0.1) is 10.6 Å². The Balaban J connectivity index is 1.69. The molecule has 1 fully saturated rings. The van der Waals surface area contributed by atoms with Crippen molar-refractivity contribution >= 4 is 43.5 Å². The highest BCUT2D eigenvalue weighted by Crippen LogP contribution is 2.27. The Morgan fingerprint density at radius 2 is 1.58 bits per heavy atom. The molecule has 3 aromatic rings. The zero-order chi connectivity index (χ0) is 31.1. The average Bonchev–Trinajstić information content (AvgIpc) is 2.99. The van der Waals surface area contributed by atoms with Crippen LogP contribution in [0.4, 0.5) is 5.69 Å². The fourth-order valence-corrected chi connectivity index (χ4v) is 7.24. The molecule has 0 saturated heterocycles. The van der Waals surface area contributed by atoms with Crippen LogP contribution in [0, 0.1) is 6.92 Å². The van der Waals surface area contributed by atoms with Gasteiger partial charge in [-0.3, -0.25) is 13.9 Å². The minimum Gasteiger partial charge on any atom is -0.352 e. The largest absolute Gasteiger partial charge is 0.352 e. The van der Waals surface area contributed by atoms with Crippen LogP contribution in [-0.4, -0.2) is 43.8 Å². The first-order valence-electron chi connectivity index (χ1n) is 15.0. The molecule has 1 atom stereocenters. The number of halogens is 1. The standard InChI is InChI=1S/C34H42BrN3O4S/c1-24(2)28-15-17-31(18-16-28)38(43(41,42)32-19-13-25(3)14-20-32)23-33(39)37(22-27-9-8-10-29(35)21-27)26(4)34(40)36-30-11-6-5-7-12-30/h8-10,13-21,24,26,30H,5-7,11-12,22-23H2,1-4H3,(H,36,40)/t26-/m1/s1. The predicted molar refractivity (Wildman–Crippen MR) is 175 cm³/mol. The van der Waals surface area contributed by atoms with E-state index in [0.717, 1.165) is 51.2 Å². The van der Waals surface area contributed by atoms with Gasteiger partial charge in [-0.2, -0.15) is 0 Å². The molecule has 2 amide bonds. The number of sulfonamides is 1. The number of rotatable bonds is 11. The third-order valence-electron chi connectivity index (χ3n) is 8.10. The van der Waals surface area contributed by atoms with Gasteiger partial charge in [-0.15, -0.1) is 0 Å². The molecule has 9 heteroatoms. The summed E-state index contributed by atoms with van der Waals surface area (Å²) in [5.74, 6) is -0.429. The van der Waals surface area contributed by atoms with Crippen LogP contribution in [0.5, 0.6) is 0 Å². The van der Waals surface area contributed by atoms with Gasteiger partial charge in [0.2, 0.25) is 11.8 Å². The number of benzene rings is 3. The highest BCUT2D eigenvalue weighted by atomic mass is 79.9. The fraction of sp³-hybridized carbons (Fsp3) is 0.412. The number of carbonyl (C=O) groups excluding carboxylic acids is 2. The summed E-state index contributed by atoms with van der Waals surface area (Å²) in [6.45, 7) is 7.44. The van der Waals surface area contributed by atoms with Crippen LogP contribution in [0.1, 0.15) is 75.5 Å². The maximum atomic E-state index is 14.2. The number of hydrogen-bond donors (Lipinski definition) is 1. The summed E-state index contributed by atoms with van der Waals surface area (Å²) < 4.78 is 30.1. The molecule has 7 nitrogen and oxygen atoms in total. The molecule has 1 aliphatic rings. The van der Waals surface area contributed by atoms with Crippen molar-refractivity contribution in [2.75, 3.05) is 10.8 Å². The van der Waals surface area contributed by atoms with E-state index >= 15 is 0 Å². The van der Waals surface area contributed by atoms with Crippen LogP contribution in [0.2, 0.25) is 0 Å². The second kappa shape index (κ2) is 14.5. The normalized spacial score (nSPS) is 14.7. The Bertz CT molecular complexity index is 1500. The molecule has 0 heterocycles. The summed E-state index contributed by atoms with van der Waals surface area (Å²) in [6, 6.07) is 20.7. The monoisotopic (exact) mass is 667 g/mol. The van der Waals surface area contributed by atoms with E-state index in [0.29, 0.717) is 5.69 Å². The molecule has 1 aliphatic carbocycles. The van der Waals surface area contributed by atoms with Crippen molar-refractivity contribution in [1.29, 1.82) is 0 Å². The molecule has 1 saturated carbocycles. The van der Waals surface area contributed by atoms with Gasteiger partial charge in [0, 0.05) is 17.1 Å². The van der Waals surface area contributed by atoms with Gasteiger partial charge in [-0.25, -0.2) is 8.42 Å². The van der Waals surface area contributed by atoms with E-state index in [4.69, 9.17) is 0 Å². The topological polar surface area (TPSA) is 86.8 Å². The Labute approximate surface area is 264 Å². The number of aryl methyl sites for hydroxylation is 1. The molecule has 0 radical (unpaired) electrons. The Morgan fingerprint density at radius 1 is 0.930 bits per heavy atom. The smallest absolute Gasteiger partial charge is 0.264 e. The van der Waals surface area contributed by atoms with Crippen molar-refractivity contribution in [3.8, 4) is 0 Å². The number of hydrogen-bond acceptors (Lipinski definition) is 4. The first kappa shape index (κ1) is 32.7. The van der Waals surface area contributed by atoms with Crippen LogP contribution in [0.25, 0.3) is 0 Å². The minimum absolute atomic E-state index is 0.0874. The van der Waals surface area contributed by atoms with E-state index in [9.17, 15) is 18.0 Å². The van der Waals surface area contributed by atoms with E-state index in [-0.39, 0.29) is 29.3 Å². The van der Waals surface area contributed by atoms with Crippen LogP contribution in [0.3, 0.4) is 0 Å². The third-order valence-corrected chi connectivity index (χ3v) is 10.4. The molecule has 230 valence electrons. The molecule has 0 aromatic heterocycles. The summed E-state index contributed by atoms with van der Waals surface area (Å²) >= 11 is 3.49. The average molecular weight is 669 g/mol. The van der Waals surface area contributed by atoms with Crippen molar-refractivity contribution in [3.63, 3.8) is 0 Å². The van der Waals surface area contributed by atoms with E-state index in [1.165, 1.54) is 11.3 Å². The summed E-state index contributed by atoms with van der Waals surface area (Å²) in [4.78, 5) is 29.2. The summed E-state index contributed by atoms with van der Waals surface area (Å²) in [5, 5.41) is 3.14. The number of nitrogens with zero attached hydrogens (tertiary/aromatic N) is 2. The predicted octanol–water partition coefficient (Wildman–Crippen LogP) is 6.94. The van der Waals surface area contributed by atoms with Gasteiger partial charge in [-0.05, 0) is 80.1 Å². The van der Waals surface area contributed by atoms with Gasteiger partial charge in [0.1, 0.15) is 12.6 Å². The SMILES string of the molecule is Cc1ccc(S(=O)(=O)N(CC(=O)N(Cc2cccc(Br)c2)[C@H](C)C(=O)NC2CCCCC2)c2ccc(C(C)C)cc2)cc1. The molecule has 43 heavy (non-hydrogen) atoms. The second-order valence-corrected chi connectivity index (χ2v) is 14.5. The number of nitrogens with one attached hydrogen (secondary N) is 1. The molecule has 0 spiro atoms. The van der Waals surface area contributed by atoms with E-state index in [2.05, 4.69) is 35.1 Å². The number of anilines is 1. The summed E-state index contributed by atoms with van der Waals surface area (Å²) in [6.07, 6.45) is 5.15. The van der Waals surface area contributed by atoms with Gasteiger partial charge < -0.3 is 10.2 Å². The lowest BCUT2D eigenvalue weighted by Crippen LogP contribution is -2.53. The van der Waals surface area contributed by atoms with Gasteiger partial charge in [0.15, 0.2) is 0 Å². The highest BCUT2D eigenvalue weighted by Gasteiger charge is 2.33. The second-order valence-electron chi connectivity index (χ2n) is 11.7. The fourth-order valence-electron chi connectivity index (χ4n) is 5.38. The summed E-state index contributed by atoms with van der Waals surface area (Å²) in [7, 11) is -4.10. The lowest BCUT2D eigenvalue weighted by Gasteiger charge is -2.33. The van der Waals surface area contributed by atoms with Crippen molar-refractivity contribution in [3.05, 3.63) is 94.0 Å². The molecule has 1 N–H and O–H groups in total. The Morgan fingerprint density at radius 3 is 2.19 bits per heavy atom. The van der Waals surface area contributed by atoms with Gasteiger partial charge in [0.25, 0.3) is 10.0 Å². The van der Waals surface area contributed by atoms with E-state index in [1.807, 2.05) is 43.3 Å². The first-order valence-corrected chi connectivity index (χ1v) is 17.2. The van der Waals surface area contributed by atoms with Crippen LogP contribution < -0.4 is 9.62 Å². The van der Waals surface area contributed by atoms with Crippen molar-refractivity contribution < 1.29 is 18.0 Å². The summed E-state index contributed by atoms with van der Waals surface area (Å²) in [5.41, 5.74) is 3.21. The maximum absolute atomic E-state index is 14.2. The van der Waals surface area contributed by atoms with Gasteiger partial charge in [-0.1, -0.05) is 91.0 Å². The molecule has 4 rings (SSSR count). The zero-order valence-electron chi connectivity index (χ0n) is 25.4. The quantitative estimate of drug-likeness (QED) is 0.240. The molecule has 0 bridgehead atoms. The zero-order valence-corrected chi connectivity index (χ0v) is 27.8. The Hall–Kier alpha value is -3.17. The van der Waals surface area contributed by atoms with Crippen LogP contribution in [0.15, 0.2) is 82.2 Å². The highest BCUT2D eigenvalue weighted by molar-refractivity contribution is 9.10. The molecule has 0 aliphatic heterocycles. The number of carbonyl (C=O) groups is 2. The molecule has 0 unspecified atom stereocenters. The molecular formula is C34H42BrN3O4S. The van der Waals surface area contributed by atoms with Crippen molar-refractivity contribution in [1.82, 2.24) is 10.2 Å². The van der Waals surface area contributed by atoms with Crippen molar-refractivity contribution in [2.45, 2.75) is 89.2 Å². The molecular weight excluding hydrogens is 626 g/mol. The van der Waals surface area contributed by atoms with Crippen LogP contribution >= 0.6 is 15.9 Å². The lowest BCUT2D eigenvalue weighted by molar-refractivity contribution is -0.139. The number of amides is 2. The van der Waals surface area contributed by atoms with E-state index < -0.39 is 28.5 Å². The van der Waals surface area contributed by atoms with Crippen LogP contribution in [-0.2, 0) is 26.2 Å². The molecule has 3 aromatic carbocycles. The van der Waals surface area contributed by atoms with Crippen molar-refractivity contribution in [2.24, 2.45) is 0 Å². The minimum atomic E-state index is -4.10. The Kier molecular flexibility index (Phi) is 11.1.